The number of ketones is 1. The lowest BCUT2D eigenvalue weighted by Crippen LogP contribution is -2.38. The van der Waals surface area contributed by atoms with Crippen LogP contribution in [0.5, 0.6) is 0 Å². The van der Waals surface area contributed by atoms with Gasteiger partial charge in [-0.2, -0.15) is 0 Å². The highest BCUT2D eigenvalue weighted by Gasteiger charge is 2.57. The van der Waals surface area contributed by atoms with E-state index in [1.807, 2.05) is 0 Å². The first-order valence-corrected chi connectivity index (χ1v) is 10.5. The van der Waals surface area contributed by atoms with Crippen molar-refractivity contribution in [3.05, 3.63) is 0 Å². The largest absolute Gasteiger partial charge is 0.299 e. The second kappa shape index (κ2) is 7.12. The Bertz CT molecular complexity index is 439. The summed E-state index contributed by atoms with van der Waals surface area (Å²) in [6, 6.07) is 0. The molecular formula is C23H42O. The van der Waals surface area contributed by atoms with E-state index in [9.17, 15) is 4.79 Å². The highest BCUT2D eigenvalue weighted by molar-refractivity contribution is 5.89. The molecular weight excluding hydrogens is 292 g/mol. The van der Waals surface area contributed by atoms with E-state index in [0.717, 1.165) is 24.7 Å². The van der Waals surface area contributed by atoms with E-state index in [-0.39, 0.29) is 5.41 Å². The van der Waals surface area contributed by atoms with Gasteiger partial charge in [0.25, 0.3) is 0 Å². The molecule has 0 aromatic rings. The van der Waals surface area contributed by atoms with Crippen LogP contribution in [-0.4, -0.2) is 5.78 Å². The maximum absolute atomic E-state index is 13.4. The van der Waals surface area contributed by atoms with Gasteiger partial charge in [-0.1, -0.05) is 68.2 Å². The lowest BCUT2D eigenvalue weighted by atomic mass is 9.64. The zero-order valence-electron chi connectivity index (χ0n) is 17.6. The molecule has 24 heavy (non-hydrogen) atoms. The monoisotopic (exact) mass is 334 g/mol. The number of hydrogen-bond acceptors (Lipinski definition) is 1. The first-order chi connectivity index (χ1) is 11.0. The molecule has 1 nitrogen and oxygen atoms in total. The van der Waals surface area contributed by atoms with Crippen LogP contribution in [0.25, 0.3) is 0 Å². The minimum absolute atomic E-state index is 0.134. The fraction of sp³-hybridized carbons (Fsp3) is 0.957. The molecule has 140 valence electrons. The maximum atomic E-state index is 13.4. The average Bonchev–Trinajstić information content (AvgIpc) is 3.27. The SMILES string of the molecule is CC(C)CC(C)(C(=O)[C@H]1C[C@H]1C(C)(C)C1CCC(C)CC1)C(C)C. The molecule has 2 rings (SSSR count). The summed E-state index contributed by atoms with van der Waals surface area (Å²) in [4.78, 5) is 13.4. The molecule has 0 heterocycles. The Balaban J connectivity index is 2.05. The van der Waals surface area contributed by atoms with Crippen LogP contribution in [0, 0.1) is 46.3 Å². The Labute approximate surface area is 151 Å². The van der Waals surface area contributed by atoms with Crippen LogP contribution in [0.1, 0.15) is 93.9 Å². The summed E-state index contributed by atoms with van der Waals surface area (Å²) in [6.07, 6.45) is 7.71. The van der Waals surface area contributed by atoms with E-state index in [4.69, 9.17) is 0 Å². The normalized spacial score (nSPS) is 33.6. The number of hydrogen-bond donors (Lipinski definition) is 0. The summed E-state index contributed by atoms with van der Waals surface area (Å²) in [5.41, 5.74) is 0.209. The van der Waals surface area contributed by atoms with Crippen molar-refractivity contribution in [2.24, 2.45) is 46.3 Å². The van der Waals surface area contributed by atoms with Crippen molar-refractivity contribution in [2.45, 2.75) is 93.9 Å². The molecule has 2 aliphatic carbocycles. The van der Waals surface area contributed by atoms with Crippen LogP contribution >= 0.6 is 0 Å². The first kappa shape index (κ1) is 20.0. The van der Waals surface area contributed by atoms with E-state index in [1.54, 1.807) is 0 Å². The number of rotatable bonds is 7. The topological polar surface area (TPSA) is 17.1 Å². The van der Waals surface area contributed by atoms with Crippen LogP contribution in [0.4, 0.5) is 0 Å². The second-order valence-corrected chi connectivity index (χ2v) is 10.8. The van der Waals surface area contributed by atoms with E-state index in [0.29, 0.717) is 34.9 Å². The molecule has 0 aromatic heterocycles. The fourth-order valence-corrected chi connectivity index (χ4v) is 5.51. The summed E-state index contributed by atoms with van der Waals surface area (Å²) in [6.45, 7) is 18.5. The minimum Gasteiger partial charge on any atom is -0.299 e. The minimum atomic E-state index is -0.134. The second-order valence-electron chi connectivity index (χ2n) is 10.8. The highest BCUT2D eigenvalue weighted by atomic mass is 16.1. The van der Waals surface area contributed by atoms with Gasteiger partial charge in [-0.25, -0.2) is 0 Å². The van der Waals surface area contributed by atoms with E-state index >= 15 is 0 Å². The Morgan fingerprint density at radius 1 is 1.00 bits per heavy atom. The van der Waals surface area contributed by atoms with Gasteiger partial charge in [-0.05, 0) is 60.7 Å². The van der Waals surface area contributed by atoms with Gasteiger partial charge in [0.2, 0.25) is 0 Å². The molecule has 0 radical (unpaired) electrons. The summed E-state index contributed by atoms with van der Waals surface area (Å²) in [5, 5.41) is 0. The Hall–Kier alpha value is -0.330. The molecule has 0 aliphatic heterocycles. The zero-order valence-corrected chi connectivity index (χ0v) is 17.6. The molecule has 0 aromatic carbocycles. The smallest absolute Gasteiger partial charge is 0.142 e. The van der Waals surface area contributed by atoms with Gasteiger partial charge in [0, 0.05) is 11.3 Å². The molecule has 0 spiro atoms. The van der Waals surface area contributed by atoms with Crippen molar-refractivity contribution >= 4 is 5.78 Å². The quantitative estimate of drug-likeness (QED) is 0.503. The number of Topliss-reactive ketones (excluding diaryl/α,β-unsaturated/α-hetero) is 1. The average molecular weight is 335 g/mol. The molecule has 2 saturated carbocycles. The third kappa shape index (κ3) is 3.91. The Morgan fingerprint density at radius 2 is 1.54 bits per heavy atom. The van der Waals surface area contributed by atoms with Crippen LogP contribution < -0.4 is 0 Å². The molecule has 0 N–H and O–H groups in total. The van der Waals surface area contributed by atoms with Crippen molar-refractivity contribution < 1.29 is 4.79 Å². The summed E-state index contributed by atoms with van der Waals surface area (Å²) in [7, 11) is 0. The van der Waals surface area contributed by atoms with Gasteiger partial charge in [0.05, 0.1) is 0 Å². The predicted molar refractivity (Wildman–Crippen MR) is 104 cm³/mol. The van der Waals surface area contributed by atoms with Crippen molar-refractivity contribution in [1.29, 1.82) is 0 Å². The van der Waals surface area contributed by atoms with Gasteiger partial charge < -0.3 is 0 Å². The van der Waals surface area contributed by atoms with Gasteiger partial charge in [-0.15, -0.1) is 0 Å². The highest BCUT2D eigenvalue weighted by Crippen LogP contribution is 2.59. The van der Waals surface area contributed by atoms with Gasteiger partial charge in [0.15, 0.2) is 0 Å². The van der Waals surface area contributed by atoms with Crippen LogP contribution in [-0.2, 0) is 4.79 Å². The molecule has 1 unspecified atom stereocenters. The van der Waals surface area contributed by atoms with Gasteiger partial charge in [-0.3, -0.25) is 4.79 Å². The molecule has 0 bridgehead atoms. The van der Waals surface area contributed by atoms with Crippen molar-refractivity contribution in [3.63, 3.8) is 0 Å². The van der Waals surface area contributed by atoms with E-state index < -0.39 is 0 Å². The number of carbonyl (C=O) groups excluding carboxylic acids is 1. The summed E-state index contributed by atoms with van der Waals surface area (Å²) < 4.78 is 0. The van der Waals surface area contributed by atoms with E-state index in [2.05, 4.69) is 55.4 Å². The predicted octanol–water partition coefficient (Wildman–Crippen LogP) is 6.75. The molecule has 1 heteroatoms. The third-order valence-corrected chi connectivity index (χ3v) is 7.82. The van der Waals surface area contributed by atoms with Gasteiger partial charge in [0.1, 0.15) is 5.78 Å². The third-order valence-electron chi connectivity index (χ3n) is 7.82. The fourth-order valence-electron chi connectivity index (χ4n) is 5.51. The van der Waals surface area contributed by atoms with Crippen LogP contribution in [0.2, 0.25) is 0 Å². The van der Waals surface area contributed by atoms with Crippen LogP contribution in [0.3, 0.4) is 0 Å². The van der Waals surface area contributed by atoms with Gasteiger partial charge >= 0.3 is 0 Å². The number of carbonyl (C=O) groups is 1. The van der Waals surface area contributed by atoms with Crippen molar-refractivity contribution in [3.8, 4) is 0 Å². The summed E-state index contributed by atoms with van der Waals surface area (Å²) >= 11 is 0. The molecule has 0 amide bonds. The zero-order chi connectivity index (χ0) is 18.3. The molecule has 3 atom stereocenters. The summed E-state index contributed by atoms with van der Waals surface area (Å²) in [5.74, 6) is 4.31. The van der Waals surface area contributed by atoms with Crippen molar-refractivity contribution in [2.75, 3.05) is 0 Å². The standard InChI is InChI=1S/C23H42O/c1-15(2)14-23(8,16(3)4)21(24)19-13-20(19)22(6,7)18-11-9-17(5)10-12-18/h15-20H,9-14H2,1-8H3/t17?,18?,19-,20+,23?/m0/s1. The Morgan fingerprint density at radius 3 is 2.00 bits per heavy atom. The van der Waals surface area contributed by atoms with E-state index in [1.165, 1.54) is 25.7 Å². The first-order valence-electron chi connectivity index (χ1n) is 10.5. The van der Waals surface area contributed by atoms with Crippen molar-refractivity contribution in [1.82, 2.24) is 0 Å². The van der Waals surface area contributed by atoms with Crippen LogP contribution in [0.15, 0.2) is 0 Å². The molecule has 2 fully saturated rings. The molecule has 2 aliphatic rings. The lowest BCUT2D eigenvalue weighted by Gasteiger charge is -2.40. The lowest BCUT2D eigenvalue weighted by molar-refractivity contribution is -0.133. The maximum Gasteiger partial charge on any atom is 0.142 e. The molecule has 0 saturated heterocycles. The Kier molecular flexibility index (Phi) is 5.93.